The molecule has 30 heavy (non-hydrogen) atoms. The van der Waals surface area contributed by atoms with Crippen LogP contribution in [0.4, 0.5) is 5.82 Å². The topological polar surface area (TPSA) is 109 Å². The summed E-state index contributed by atoms with van der Waals surface area (Å²) in [6.07, 6.45) is 1.67. The molecule has 0 bridgehead atoms. The van der Waals surface area contributed by atoms with Crippen molar-refractivity contribution in [3.63, 3.8) is 0 Å². The van der Waals surface area contributed by atoms with Gasteiger partial charge in [0.2, 0.25) is 0 Å². The van der Waals surface area contributed by atoms with E-state index in [0.29, 0.717) is 11.4 Å². The third kappa shape index (κ3) is 3.02. The lowest BCUT2D eigenvalue weighted by atomic mass is 10.1. The number of aromatic nitrogens is 4. The number of nitrogens with two attached hydrogens (primary N) is 1. The molecule has 0 atom stereocenters. The first kappa shape index (κ1) is 18.1. The van der Waals surface area contributed by atoms with E-state index >= 15 is 0 Å². The number of nitrogens with one attached hydrogen (secondary N) is 1. The molecule has 0 unspecified atom stereocenters. The van der Waals surface area contributed by atoms with Crippen LogP contribution in [0.25, 0.3) is 33.8 Å². The normalized spacial score (nSPS) is 14.0. The highest BCUT2D eigenvalue weighted by Crippen LogP contribution is 2.30. The molecule has 4 aromatic rings. The highest BCUT2D eigenvalue weighted by Gasteiger charge is 2.22. The Morgan fingerprint density at radius 1 is 0.967 bits per heavy atom. The van der Waals surface area contributed by atoms with Crippen molar-refractivity contribution in [3.8, 4) is 28.7 Å². The largest absolute Gasteiger partial charge is 0.383 e. The smallest absolute Gasteiger partial charge is 0.180 e. The van der Waals surface area contributed by atoms with Gasteiger partial charge in [-0.25, -0.2) is 19.6 Å². The SMILES string of the molecule is N#Cc1ccccc1-c1ccc2nc(-c3cccnc3N)n(N3CCNCC3)c2n1. The van der Waals surface area contributed by atoms with Crippen molar-refractivity contribution < 1.29 is 0 Å². The summed E-state index contributed by atoms with van der Waals surface area (Å²) in [6, 6.07) is 17.4. The van der Waals surface area contributed by atoms with Crippen LogP contribution in [0.3, 0.4) is 0 Å². The average molecular weight is 396 g/mol. The first-order valence-corrected chi connectivity index (χ1v) is 9.82. The minimum atomic E-state index is 0.430. The molecule has 1 saturated heterocycles. The molecular formula is C22H20N8. The maximum absolute atomic E-state index is 9.50. The first-order chi connectivity index (χ1) is 14.8. The summed E-state index contributed by atoms with van der Waals surface area (Å²) in [7, 11) is 0. The molecule has 0 saturated carbocycles. The predicted molar refractivity (Wildman–Crippen MR) is 116 cm³/mol. The van der Waals surface area contributed by atoms with E-state index in [1.54, 1.807) is 12.3 Å². The number of piperazine rings is 1. The van der Waals surface area contributed by atoms with Crippen molar-refractivity contribution >= 4 is 17.0 Å². The van der Waals surface area contributed by atoms with E-state index in [1.165, 1.54) is 0 Å². The Morgan fingerprint density at radius 3 is 2.57 bits per heavy atom. The van der Waals surface area contributed by atoms with E-state index in [2.05, 4.69) is 21.4 Å². The van der Waals surface area contributed by atoms with Crippen LogP contribution in [0, 0.1) is 11.3 Å². The highest BCUT2D eigenvalue weighted by molar-refractivity contribution is 5.83. The minimum absolute atomic E-state index is 0.430. The van der Waals surface area contributed by atoms with Crippen LogP contribution in [0.5, 0.6) is 0 Å². The molecule has 3 N–H and O–H groups in total. The van der Waals surface area contributed by atoms with Gasteiger partial charge < -0.3 is 16.1 Å². The predicted octanol–water partition coefficient (Wildman–Crippen LogP) is 2.16. The maximum atomic E-state index is 9.50. The van der Waals surface area contributed by atoms with Gasteiger partial charge in [-0.05, 0) is 30.3 Å². The zero-order valence-electron chi connectivity index (χ0n) is 16.3. The minimum Gasteiger partial charge on any atom is -0.383 e. The van der Waals surface area contributed by atoms with Crippen LogP contribution in [0.15, 0.2) is 54.7 Å². The number of fused-ring (bicyclic) bond motifs is 1. The number of hydrogen-bond donors (Lipinski definition) is 2. The molecule has 5 rings (SSSR count). The molecule has 0 aliphatic carbocycles. The Kier molecular flexibility index (Phi) is 4.50. The molecule has 8 heteroatoms. The van der Waals surface area contributed by atoms with Crippen molar-refractivity contribution in [1.29, 1.82) is 5.26 Å². The number of nitriles is 1. The Hall–Kier alpha value is -3.96. The fourth-order valence-corrected chi connectivity index (χ4v) is 3.80. The molecule has 4 heterocycles. The number of imidazole rings is 1. The van der Waals surface area contributed by atoms with Crippen LogP contribution in [-0.2, 0) is 0 Å². The number of nitrogen functional groups attached to an aromatic ring is 1. The van der Waals surface area contributed by atoms with Gasteiger partial charge in [0.15, 0.2) is 11.5 Å². The van der Waals surface area contributed by atoms with E-state index < -0.39 is 0 Å². The van der Waals surface area contributed by atoms with E-state index in [9.17, 15) is 5.26 Å². The monoisotopic (exact) mass is 396 g/mol. The quantitative estimate of drug-likeness (QED) is 0.546. The van der Waals surface area contributed by atoms with Crippen molar-refractivity contribution in [2.75, 3.05) is 36.9 Å². The lowest BCUT2D eigenvalue weighted by Gasteiger charge is -2.31. The summed E-state index contributed by atoms with van der Waals surface area (Å²) >= 11 is 0. The maximum Gasteiger partial charge on any atom is 0.180 e. The second-order valence-corrected chi connectivity index (χ2v) is 7.08. The summed E-state index contributed by atoms with van der Waals surface area (Å²) in [5.74, 6) is 1.15. The zero-order chi connectivity index (χ0) is 20.5. The second-order valence-electron chi connectivity index (χ2n) is 7.08. The van der Waals surface area contributed by atoms with Gasteiger partial charge in [0.25, 0.3) is 0 Å². The van der Waals surface area contributed by atoms with Gasteiger partial charge in [0.1, 0.15) is 11.3 Å². The average Bonchev–Trinajstić information content (AvgIpc) is 3.18. The first-order valence-electron chi connectivity index (χ1n) is 9.82. The molecule has 0 amide bonds. The molecule has 1 aromatic carbocycles. The summed E-state index contributed by atoms with van der Waals surface area (Å²) in [5, 5.41) is 15.1. The van der Waals surface area contributed by atoms with Crippen LogP contribution >= 0.6 is 0 Å². The molecule has 1 aliphatic rings. The van der Waals surface area contributed by atoms with Gasteiger partial charge in [-0.2, -0.15) is 5.26 Å². The van der Waals surface area contributed by atoms with E-state index in [0.717, 1.165) is 60.0 Å². The van der Waals surface area contributed by atoms with Gasteiger partial charge in [-0.3, -0.25) is 0 Å². The summed E-state index contributed by atoms with van der Waals surface area (Å²) in [5.41, 5.74) is 10.6. The van der Waals surface area contributed by atoms with Gasteiger partial charge >= 0.3 is 0 Å². The van der Waals surface area contributed by atoms with Crippen LogP contribution in [0.1, 0.15) is 5.56 Å². The fourth-order valence-electron chi connectivity index (χ4n) is 3.80. The zero-order valence-corrected chi connectivity index (χ0v) is 16.3. The molecular weight excluding hydrogens is 376 g/mol. The van der Waals surface area contributed by atoms with Gasteiger partial charge in [-0.15, -0.1) is 0 Å². The lowest BCUT2D eigenvalue weighted by Crippen LogP contribution is -2.49. The van der Waals surface area contributed by atoms with Crippen molar-refractivity contribution in [2.24, 2.45) is 0 Å². The summed E-state index contributed by atoms with van der Waals surface area (Å²) < 4.78 is 2.04. The van der Waals surface area contributed by atoms with Gasteiger partial charge in [-0.1, -0.05) is 18.2 Å². The summed E-state index contributed by atoms with van der Waals surface area (Å²) in [6.45, 7) is 3.38. The number of pyridine rings is 2. The van der Waals surface area contributed by atoms with E-state index in [-0.39, 0.29) is 0 Å². The third-order valence-corrected chi connectivity index (χ3v) is 5.26. The molecule has 8 nitrogen and oxygen atoms in total. The van der Waals surface area contributed by atoms with E-state index in [1.807, 2.05) is 47.1 Å². The van der Waals surface area contributed by atoms with E-state index in [4.69, 9.17) is 15.7 Å². The van der Waals surface area contributed by atoms with Crippen LogP contribution in [-0.4, -0.2) is 45.8 Å². The van der Waals surface area contributed by atoms with Crippen molar-refractivity contribution in [3.05, 3.63) is 60.3 Å². The molecule has 0 radical (unpaired) electrons. The number of rotatable bonds is 3. The lowest BCUT2D eigenvalue weighted by molar-refractivity contribution is 0.499. The number of hydrogen-bond acceptors (Lipinski definition) is 7. The standard InChI is InChI=1S/C22H20N8/c23-14-15-4-1-2-5-16(15)18-7-8-19-22(27-18)30(29-12-10-25-11-13-29)21(28-19)17-6-3-9-26-20(17)24/h1-9,25H,10-13H2,(H2,24,26). The molecule has 3 aromatic heterocycles. The van der Waals surface area contributed by atoms with Crippen molar-refractivity contribution in [2.45, 2.75) is 0 Å². The number of benzene rings is 1. The molecule has 148 valence electrons. The molecule has 1 fully saturated rings. The Bertz CT molecular complexity index is 1260. The number of nitrogens with zero attached hydrogens (tertiary/aromatic N) is 6. The van der Waals surface area contributed by atoms with Gasteiger partial charge in [0.05, 0.1) is 22.9 Å². The summed E-state index contributed by atoms with van der Waals surface area (Å²) in [4.78, 5) is 14.0. The van der Waals surface area contributed by atoms with Gasteiger partial charge in [0, 0.05) is 37.9 Å². The fraction of sp³-hybridized carbons (Fsp3) is 0.182. The van der Waals surface area contributed by atoms with Crippen LogP contribution in [0.2, 0.25) is 0 Å². The Balaban J connectivity index is 1.75. The Labute approximate surface area is 173 Å². The highest BCUT2D eigenvalue weighted by atomic mass is 15.6. The molecule has 0 spiro atoms. The molecule has 1 aliphatic heterocycles. The number of anilines is 1. The Morgan fingerprint density at radius 2 is 1.77 bits per heavy atom. The van der Waals surface area contributed by atoms with Crippen LogP contribution < -0.4 is 16.1 Å². The second kappa shape index (κ2) is 7.46. The third-order valence-electron chi connectivity index (χ3n) is 5.26. The van der Waals surface area contributed by atoms with Crippen molar-refractivity contribution in [1.82, 2.24) is 24.9 Å².